The molecule has 7 nitrogen and oxygen atoms in total. The van der Waals surface area contributed by atoms with Gasteiger partial charge in [-0.1, -0.05) is 20.8 Å². The zero-order chi connectivity index (χ0) is 16.2. The van der Waals surface area contributed by atoms with E-state index in [4.69, 9.17) is 10.6 Å². The van der Waals surface area contributed by atoms with E-state index in [2.05, 4.69) is 20.7 Å². The predicted molar refractivity (Wildman–Crippen MR) is 83.0 cm³/mol. The fraction of sp³-hybridized carbons (Fsp3) is 0.643. The molecule has 7 heteroatoms. The van der Waals surface area contributed by atoms with E-state index in [0.717, 1.165) is 5.56 Å². The number of ether oxygens (including phenoxy) is 1. The molecule has 0 fully saturated rings. The Morgan fingerprint density at radius 3 is 2.38 bits per heavy atom. The highest BCUT2D eigenvalue weighted by molar-refractivity contribution is 5.79. The second kappa shape index (κ2) is 6.71. The molecule has 0 aliphatic rings. The van der Waals surface area contributed by atoms with Crippen LogP contribution >= 0.6 is 0 Å². The summed E-state index contributed by atoms with van der Waals surface area (Å²) in [5.74, 6) is 6.93. The molecule has 0 amide bonds. The molecule has 1 aromatic heterocycles. The van der Waals surface area contributed by atoms with Crippen LogP contribution in [0.15, 0.2) is 0 Å². The van der Waals surface area contributed by atoms with Crippen LogP contribution in [0.1, 0.15) is 46.0 Å². The first-order chi connectivity index (χ1) is 9.70. The third-order valence-corrected chi connectivity index (χ3v) is 2.95. The molecule has 4 N–H and O–H groups in total. The number of anilines is 2. The van der Waals surface area contributed by atoms with E-state index in [-0.39, 0.29) is 11.4 Å². The number of nitrogens with two attached hydrogens (primary N) is 1. The summed E-state index contributed by atoms with van der Waals surface area (Å²) in [7, 11) is 0. The molecule has 0 bridgehead atoms. The number of carbonyl (C=O) groups excluding carboxylic acids is 1. The first-order valence-electron chi connectivity index (χ1n) is 6.99. The van der Waals surface area contributed by atoms with E-state index in [1.807, 2.05) is 27.7 Å². The van der Waals surface area contributed by atoms with Crippen LogP contribution in [0.25, 0.3) is 0 Å². The molecule has 1 atom stereocenters. The molecule has 118 valence electrons. The highest BCUT2D eigenvalue weighted by Gasteiger charge is 2.23. The molecule has 1 rings (SSSR count). The maximum Gasteiger partial charge on any atom is 0.328 e. The molecule has 1 aromatic rings. The molecule has 0 saturated carbocycles. The lowest BCUT2D eigenvalue weighted by Crippen LogP contribution is -2.30. The van der Waals surface area contributed by atoms with Crippen LogP contribution in [0.3, 0.4) is 0 Å². The van der Waals surface area contributed by atoms with Crippen molar-refractivity contribution in [3.63, 3.8) is 0 Å². The lowest BCUT2D eigenvalue weighted by Gasteiger charge is -2.22. The van der Waals surface area contributed by atoms with Crippen LogP contribution in [-0.4, -0.2) is 28.6 Å². The SMILES string of the molecule is CCOC(=O)C(C)Nc1nc(C(C)(C)C)nc(NN)c1C. The van der Waals surface area contributed by atoms with Crippen molar-refractivity contribution in [3.05, 3.63) is 11.4 Å². The van der Waals surface area contributed by atoms with Crippen LogP contribution in [-0.2, 0) is 14.9 Å². The maximum atomic E-state index is 11.7. The van der Waals surface area contributed by atoms with Gasteiger partial charge in [0.25, 0.3) is 0 Å². The molecule has 0 aromatic carbocycles. The van der Waals surface area contributed by atoms with Gasteiger partial charge >= 0.3 is 5.97 Å². The van der Waals surface area contributed by atoms with Crippen molar-refractivity contribution < 1.29 is 9.53 Å². The smallest absolute Gasteiger partial charge is 0.328 e. The Kier molecular flexibility index (Phi) is 5.48. The third-order valence-electron chi connectivity index (χ3n) is 2.95. The molecular formula is C14H25N5O2. The van der Waals surface area contributed by atoms with Gasteiger partial charge in [-0.3, -0.25) is 0 Å². The van der Waals surface area contributed by atoms with Gasteiger partial charge in [0.1, 0.15) is 23.5 Å². The normalized spacial score (nSPS) is 12.7. The topological polar surface area (TPSA) is 102 Å². The lowest BCUT2D eigenvalue weighted by molar-refractivity contribution is -0.143. The zero-order valence-electron chi connectivity index (χ0n) is 13.6. The van der Waals surface area contributed by atoms with Crippen LogP contribution in [0.4, 0.5) is 11.6 Å². The van der Waals surface area contributed by atoms with Gasteiger partial charge in [-0.25, -0.2) is 20.6 Å². The molecule has 21 heavy (non-hydrogen) atoms. The monoisotopic (exact) mass is 295 g/mol. The van der Waals surface area contributed by atoms with E-state index in [1.165, 1.54) is 0 Å². The number of esters is 1. The summed E-state index contributed by atoms with van der Waals surface area (Å²) in [5, 5.41) is 3.06. The average molecular weight is 295 g/mol. The van der Waals surface area contributed by atoms with Gasteiger partial charge in [-0.15, -0.1) is 0 Å². The molecular weight excluding hydrogens is 270 g/mol. The first-order valence-corrected chi connectivity index (χ1v) is 6.99. The van der Waals surface area contributed by atoms with Gasteiger partial charge in [0, 0.05) is 11.0 Å². The third kappa shape index (κ3) is 4.29. The van der Waals surface area contributed by atoms with Crippen LogP contribution in [0.5, 0.6) is 0 Å². The summed E-state index contributed by atoms with van der Waals surface area (Å²) in [5.41, 5.74) is 3.09. The fourth-order valence-electron chi connectivity index (χ4n) is 1.66. The van der Waals surface area contributed by atoms with Crippen LogP contribution in [0.2, 0.25) is 0 Å². The van der Waals surface area contributed by atoms with Gasteiger partial charge in [0.2, 0.25) is 0 Å². The Balaban J connectivity index is 3.13. The van der Waals surface area contributed by atoms with E-state index in [0.29, 0.717) is 24.1 Å². The minimum atomic E-state index is -0.503. The summed E-state index contributed by atoms with van der Waals surface area (Å²) in [6.45, 7) is 11.7. The Labute approximate surface area is 125 Å². The van der Waals surface area contributed by atoms with Gasteiger partial charge < -0.3 is 15.5 Å². The van der Waals surface area contributed by atoms with Crippen molar-refractivity contribution in [2.75, 3.05) is 17.3 Å². The fourth-order valence-corrected chi connectivity index (χ4v) is 1.66. The molecule has 0 spiro atoms. The number of hydrogen-bond acceptors (Lipinski definition) is 7. The van der Waals surface area contributed by atoms with Crippen molar-refractivity contribution in [1.82, 2.24) is 9.97 Å². The minimum Gasteiger partial charge on any atom is -0.464 e. The number of rotatable bonds is 5. The summed E-state index contributed by atoms with van der Waals surface area (Å²) in [6.07, 6.45) is 0. The number of aromatic nitrogens is 2. The quantitative estimate of drug-likeness (QED) is 0.432. The van der Waals surface area contributed by atoms with Crippen LogP contribution < -0.4 is 16.6 Å². The number of nitrogens with one attached hydrogen (secondary N) is 2. The maximum absolute atomic E-state index is 11.7. The zero-order valence-corrected chi connectivity index (χ0v) is 13.6. The van der Waals surface area contributed by atoms with Crippen molar-refractivity contribution in [3.8, 4) is 0 Å². The number of carbonyl (C=O) groups is 1. The second-order valence-corrected chi connectivity index (χ2v) is 5.88. The molecule has 0 aliphatic heterocycles. The van der Waals surface area contributed by atoms with Crippen molar-refractivity contribution in [1.29, 1.82) is 0 Å². The lowest BCUT2D eigenvalue weighted by atomic mass is 9.95. The van der Waals surface area contributed by atoms with Crippen LogP contribution in [0, 0.1) is 6.92 Å². The summed E-state index contributed by atoms with van der Waals surface area (Å²) >= 11 is 0. The minimum absolute atomic E-state index is 0.233. The molecule has 1 unspecified atom stereocenters. The van der Waals surface area contributed by atoms with Gasteiger partial charge in [0.15, 0.2) is 0 Å². The predicted octanol–water partition coefficient (Wildman–Crippen LogP) is 1.73. The first kappa shape index (κ1) is 17.2. The van der Waals surface area contributed by atoms with E-state index >= 15 is 0 Å². The largest absolute Gasteiger partial charge is 0.464 e. The van der Waals surface area contributed by atoms with Gasteiger partial charge in [-0.05, 0) is 20.8 Å². The van der Waals surface area contributed by atoms with Crippen molar-refractivity contribution >= 4 is 17.6 Å². The summed E-state index contributed by atoms with van der Waals surface area (Å²) < 4.78 is 4.98. The Hall–Kier alpha value is -1.89. The number of hydrogen-bond donors (Lipinski definition) is 3. The molecule has 0 saturated heterocycles. The Morgan fingerprint density at radius 1 is 1.33 bits per heavy atom. The second-order valence-electron chi connectivity index (χ2n) is 5.88. The number of nitrogen functional groups attached to an aromatic ring is 1. The van der Waals surface area contributed by atoms with E-state index in [9.17, 15) is 4.79 Å². The standard InChI is InChI=1S/C14H25N5O2/c1-7-21-12(20)9(3)16-10-8(2)11(19-15)18-13(17-10)14(4,5)6/h9H,7,15H2,1-6H3,(H2,16,17,18,19). The Bertz CT molecular complexity index is 511. The molecule has 1 heterocycles. The highest BCUT2D eigenvalue weighted by atomic mass is 16.5. The molecule has 0 radical (unpaired) electrons. The van der Waals surface area contributed by atoms with Crippen molar-refractivity contribution in [2.24, 2.45) is 5.84 Å². The van der Waals surface area contributed by atoms with Gasteiger partial charge in [-0.2, -0.15) is 0 Å². The average Bonchev–Trinajstić information content (AvgIpc) is 2.39. The highest BCUT2D eigenvalue weighted by Crippen LogP contribution is 2.26. The van der Waals surface area contributed by atoms with E-state index in [1.54, 1.807) is 13.8 Å². The summed E-state index contributed by atoms with van der Waals surface area (Å²) in [4.78, 5) is 20.6. The Morgan fingerprint density at radius 2 is 1.90 bits per heavy atom. The number of hydrazine groups is 1. The number of nitrogens with zero attached hydrogens (tertiary/aromatic N) is 2. The van der Waals surface area contributed by atoms with Gasteiger partial charge in [0.05, 0.1) is 6.61 Å². The molecule has 0 aliphatic carbocycles. The van der Waals surface area contributed by atoms with Crippen molar-refractivity contribution in [2.45, 2.75) is 53.0 Å². The summed E-state index contributed by atoms with van der Waals surface area (Å²) in [6, 6.07) is -0.503. The van der Waals surface area contributed by atoms with E-state index < -0.39 is 6.04 Å².